The van der Waals surface area contributed by atoms with E-state index < -0.39 is 11.8 Å². The van der Waals surface area contributed by atoms with Gasteiger partial charge in [-0.15, -0.1) is 5.10 Å². The van der Waals surface area contributed by atoms with E-state index >= 15 is 0 Å². The lowest BCUT2D eigenvalue weighted by Crippen LogP contribution is -2.13. The molecule has 2 rings (SSSR count). The van der Waals surface area contributed by atoms with Crippen LogP contribution in [0, 0.1) is 5.82 Å². The molecular weight excluding hydrogens is 263 g/mol. The third kappa shape index (κ3) is 2.97. The minimum atomic E-state index is -0.534. The van der Waals surface area contributed by atoms with Gasteiger partial charge in [0.1, 0.15) is 6.54 Å². The fourth-order valence-electron chi connectivity index (χ4n) is 0.990. The van der Waals surface area contributed by atoms with Crippen molar-refractivity contribution in [2.45, 2.75) is 16.9 Å². The average molecular weight is 270 g/mol. The minimum Gasteiger partial charge on any atom is -0.468 e. The molecule has 0 unspecified atom stereocenters. The first-order valence-corrected chi connectivity index (χ1v) is 5.49. The zero-order valence-electron chi connectivity index (χ0n) is 9.15. The molecule has 0 fully saturated rings. The van der Waals surface area contributed by atoms with Gasteiger partial charge in [0.15, 0.2) is 11.0 Å². The zero-order valence-corrected chi connectivity index (χ0v) is 9.96. The van der Waals surface area contributed by atoms with Crippen LogP contribution in [0.2, 0.25) is 0 Å². The fraction of sp³-hybridized carbons (Fsp3) is 0.250. The maximum atomic E-state index is 12.6. The summed E-state index contributed by atoms with van der Waals surface area (Å²) in [4.78, 5) is 18.6. The second kappa shape index (κ2) is 5.49. The summed E-state index contributed by atoms with van der Waals surface area (Å²) in [6.07, 6.45) is 2.06. The Bertz CT molecular complexity index is 545. The van der Waals surface area contributed by atoms with Crippen LogP contribution in [0.5, 0.6) is 0 Å². The number of hydrogen-bond donors (Lipinski definition) is 0. The number of hydrogen-bond acceptors (Lipinski definition) is 8. The SMILES string of the molecule is COC(=O)Cn1nnnc1Sc1ncc(F)cn1. The molecule has 2 heterocycles. The van der Waals surface area contributed by atoms with Crippen molar-refractivity contribution in [2.24, 2.45) is 0 Å². The van der Waals surface area contributed by atoms with Crippen molar-refractivity contribution in [3.05, 3.63) is 18.2 Å². The monoisotopic (exact) mass is 270 g/mol. The van der Waals surface area contributed by atoms with E-state index in [-0.39, 0.29) is 11.7 Å². The molecule has 18 heavy (non-hydrogen) atoms. The second-order valence-corrected chi connectivity index (χ2v) is 3.92. The van der Waals surface area contributed by atoms with Gasteiger partial charge >= 0.3 is 5.97 Å². The summed E-state index contributed by atoms with van der Waals surface area (Å²) in [7, 11) is 1.27. The highest BCUT2D eigenvalue weighted by molar-refractivity contribution is 7.99. The van der Waals surface area contributed by atoms with Gasteiger partial charge in [0.05, 0.1) is 19.5 Å². The number of nitrogens with zero attached hydrogens (tertiary/aromatic N) is 6. The van der Waals surface area contributed by atoms with E-state index in [1.54, 1.807) is 0 Å². The first kappa shape index (κ1) is 12.4. The first-order chi connectivity index (χ1) is 8.69. The predicted molar refractivity (Wildman–Crippen MR) is 55.9 cm³/mol. The molecule has 0 aromatic carbocycles. The molecule has 2 aromatic rings. The minimum absolute atomic E-state index is 0.118. The van der Waals surface area contributed by atoms with Crippen molar-refractivity contribution in [1.82, 2.24) is 30.2 Å². The van der Waals surface area contributed by atoms with E-state index in [9.17, 15) is 9.18 Å². The Morgan fingerprint density at radius 2 is 2.22 bits per heavy atom. The number of carbonyl (C=O) groups is 1. The highest BCUT2D eigenvalue weighted by Gasteiger charge is 2.13. The summed E-state index contributed by atoms with van der Waals surface area (Å²) in [5.74, 6) is -1.02. The van der Waals surface area contributed by atoms with Crippen LogP contribution < -0.4 is 0 Å². The predicted octanol–water partition coefficient (Wildman–Crippen LogP) is -0.0736. The smallest absolute Gasteiger partial charge is 0.327 e. The number of rotatable bonds is 4. The highest BCUT2D eigenvalue weighted by Crippen LogP contribution is 2.20. The molecule has 10 heteroatoms. The standard InChI is InChI=1S/C8H7FN6O2S/c1-17-6(16)4-15-8(12-13-14-15)18-7-10-2-5(9)3-11-7/h2-3H,4H2,1H3. The molecule has 0 aliphatic rings. The van der Waals surface area contributed by atoms with Crippen LogP contribution in [0.15, 0.2) is 22.7 Å². The van der Waals surface area contributed by atoms with Gasteiger partial charge in [-0.05, 0) is 22.2 Å². The van der Waals surface area contributed by atoms with Crippen molar-refractivity contribution in [3.63, 3.8) is 0 Å². The molecule has 0 atom stereocenters. The molecular formula is C8H7FN6O2S. The first-order valence-electron chi connectivity index (χ1n) is 4.67. The third-order valence-corrected chi connectivity index (χ3v) is 2.65. The topological polar surface area (TPSA) is 95.7 Å². The molecule has 0 spiro atoms. The summed E-state index contributed by atoms with van der Waals surface area (Å²) in [6.45, 7) is -0.118. The van der Waals surface area contributed by atoms with Crippen LogP contribution in [-0.2, 0) is 16.1 Å². The van der Waals surface area contributed by atoms with Crippen molar-refractivity contribution in [1.29, 1.82) is 0 Å². The number of tetrazole rings is 1. The van der Waals surface area contributed by atoms with Crippen LogP contribution >= 0.6 is 11.8 Å². The molecule has 0 N–H and O–H groups in total. The summed E-state index contributed by atoms with van der Waals surface area (Å²) < 4.78 is 18.4. The number of halogens is 1. The quantitative estimate of drug-likeness (QED) is 0.562. The van der Waals surface area contributed by atoms with Crippen molar-refractivity contribution in [2.75, 3.05) is 7.11 Å². The molecule has 0 radical (unpaired) electrons. The molecule has 0 amide bonds. The van der Waals surface area contributed by atoms with Gasteiger partial charge < -0.3 is 4.74 Å². The van der Waals surface area contributed by atoms with Crippen LogP contribution in [0.3, 0.4) is 0 Å². The Labute approximate surface area is 105 Å². The Balaban J connectivity index is 2.12. The van der Waals surface area contributed by atoms with Gasteiger partial charge in [0.25, 0.3) is 0 Å². The van der Waals surface area contributed by atoms with E-state index in [1.165, 1.54) is 11.8 Å². The van der Waals surface area contributed by atoms with Crippen LogP contribution in [0.25, 0.3) is 0 Å². The van der Waals surface area contributed by atoms with Gasteiger partial charge in [-0.1, -0.05) is 0 Å². The summed E-state index contributed by atoms with van der Waals surface area (Å²) >= 11 is 1.01. The highest BCUT2D eigenvalue weighted by atomic mass is 32.2. The number of ether oxygens (including phenoxy) is 1. The zero-order chi connectivity index (χ0) is 13.0. The van der Waals surface area contributed by atoms with Gasteiger partial charge in [-0.3, -0.25) is 4.79 Å². The normalized spacial score (nSPS) is 10.3. The lowest BCUT2D eigenvalue weighted by atomic mass is 10.7. The molecule has 0 aliphatic carbocycles. The summed E-state index contributed by atoms with van der Waals surface area (Å²) in [5.41, 5.74) is 0. The largest absolute Gasteiger partial charge is 0.468 e. The summed E-state index contributed by atoms with van der Waals surface area (Å²) in [6, 6.07) is 0. The second-order valence-electron chi connectivity index (χ2n) is 2.98. The van der Waals surface area contributed by atoms with E-state index in [0.29, 0.717) is 5.16 Å². The van der Waals surface area contributed by atoms with Crippen molar-refractivity contribution in [3.8, 4) is 0 Å². The maximum absolute atomic E-state index is 12.6. The van der Waals surface area contributed by atoms with Gasteiger partial charge in [0.2, 0.25) is 5.16 Å². The molecule has 0 aliphatic heterocycles. The molecule has 0 bridgehead atoms. The van der Waals surface area contributed by atoms with Gasteiger partial charge in [-0.2, -0.15) is 0 Å². The Morgan fingerprint density at radius 1 is 1.50 bits per heavy atom. The van der Waals surface area contributed by atoms with E-state index in [2.05, 4.69) is 30.2 Å². The van der Waals surface area contributed by atoms with Gasteiger partial charge in [-0.25, -0.2) is 19.0 Å². The fourth-order valence-corrected chi connectivity index (χ4v) is 1.65. The summed E-state index contributed by atoms with van der Waals surface area (Å²) in [5, 5.41) is 11.3. The Kier molecular flexibility index (Phi) is 3.77. The molecule has 94 valence electrons. The van der Waals surface area contributed by atoms with E-state index in [4.69, 9.17) is 0 Å². The van der Waals surface area contributed by atoms with Crippen LogP contribution in [0.4, 0.5) is 4.39 Å². The number of methoxy groups -OCH3 is 1. The Hall–Kier alpha value is -2.10. The Morgan fingerprint density at radius 3 is 2.89 bits per heavy atom. The van der Waals surface area contributed by atoms with Crippen molar-refractivity contribution < 1.29 is 13.9 Å². The number of aromatic nitrogens is 6. The van der Waals surface area contributed by atoms with Crippen LogP contribution in [0.1, 0.15) is 0 Å². The maximum Gasteiger partial charge on any atom is 0.327 e. The molecule has 2 aromatic heterocycles. The third-order valence-electron chi connectivity index (χ3n) is 1.78. The van der Waals surface area contributed by atoms with Crippen LogP contribution in [-0.4, -0.2) is 43.3 Å². The van der Waals surface area contributed by atoms with E-state index in [1.807, 2.05) is 0 Å². The molecule has 0 saturated heterocycles. The lowest BCUT2D eigenvalue weighted by Gasteiger charge is -2.01. The molecule has 0 saturated carbocycles. The lowest BCUT2D eigenvalue weighted by molar-refractivity contribution is -0.141. The number of carbonyl (C=O) groups excluding carboxylic acids is 1. The van der Waals surface area contributed by atoms with Crippen molar-refractivity contribution >= 4 is 17.7 Å². The average Bonchev–Trinajstić information content (AvgIpc) is 2.79. The van der Waals surface area contributed by atoms with Gasteiger partial charge in [0, 0.05) is 0 Å². The molecule has 8 nitrogen and oxygen atoms in total. The van der Waals surface area contributed by atoms with E-state index in [0.717, 1.165) is 24.2 Å². The number of esters is 1.